The number of carboxylic acids is 1. The number of likely N-dealkylation sites (N-methyl/N-ethyl adjacent to an activating group) is 1. The van der Waals surface area contributed by atoms with E-state index in [1.807, 2.05) is 21.1 Å². The van der Waals surface area contributed by atoms with Crippen molar-refractivity contribution in [1.82, 2.24) is 10.6 Å². The molecule has 0 bridgehead atoms. The van der Waals surface area contributed by atoms with Crippen molar-refractivity contribution in [3.8, 4) is 0 Å². The molecular weight excluding hydrogens is 645 g/mol. The molecule has 0 saturated heterocycles. The Balaban J connectivity index is 4.46. The molecule has 0 aromatic carbocycles. The van der Waals surface area contributed by atoms with Crippen LogP contribution in [0, 0.1) is 0 Å². The third-order valence-electron chi connectivity index (χ3n) is 7.36. The molecular formula is C33H65N3O11P+. The highest BCUT2D eigenvalue weighted by atomic mass is 31.2. The summed E-state index contributed by atoms with van der Waals surface area (Å²) in [6, 6.07) is 0. The minimum Gasteiger partial charge on any atom is -0.481 e. The Morgan fingerprint density at radius 3 is 1.83 bits per heavy atom. The smallest absolute Gasteiger partial charge is 0.472 e. The van der Waals surface area contributed by atoms with Crippen molar-refractivity contribution in [1.29, 1.82) is 0 Å². The van der Waals surface area contributed by atoms with Gasteiger partial charge in [0.25, 0.3) is 0 Å². The van der Waals surface area contributed by atoms with Crippen LogP contribution in [0.3, 0.4) is 0 Å². The molecule has 0 spiro atoms. The van der Waals surface area contributed by atoms with Gasteiger partial charge in [-0.1, -0.05) is 90.4 Å². The number of carbonyl (C=O) groups is 4. The van der Waals surface area contributed by atoms with Crippen molar-refractivity contribution < 1.29 is 56.7 Å². The van der Waals surface area contributed by atoms with Gasteiger partial charge in [0.15, 0.2) is 6.10 Å². The molecule has 0 saturated carbocycles. The number of carboxylic acid groups (broad SMARTS) is 1. The van der Waals surface area contributed by atoms with Crippen LogP contribution in [0.25, 0.3) is 0 Å². The fourth-order valence-electron chi connectivity index (χ4n) is 4.50. The van der Waals surface area contributed by atoms with Crippen molar-refractivity contribution >= 4 is 31.6 Å². The topological polar surface area (TPSA) is 187 Å². The number of unbranched alkanes of at least 4 members (excludes halogenated alkanes) is 13. The Labute approximate surface area is 288 Å². The molecule has 282 valence electrons. The zero-order valence-electron chi connectivity index (χ0n) is 30.0. The number of hydrogen-bond donors (Lipinski definition) is 4. The lowest BCUT2D eigenvalue weighted by atomic mass is 10.0. The molecule has 0 rings (SSSR count). The third-order valence-corrected chi connectivity index (χ3v) is 8.35. The molecule has 0 aromatic rings. The second-order valence-corrected chi connectivity index (χ2v) is 14.6. The van der Waals surface area contributed by atoms with E-state index < -0.39 is 44.3 Å². The number of nitrogens with zero attached hydrogens (tertiary/aromatic N) is 1. The number of aliphatic carboxylic acids is 1. The molecule has 1 amide bonds. The van der Waals surface area contributed by atoms with Gasteiger partial charge in [-0.3, -0.25) is 28.2 Å². The monoisotopic (exact) mass is 710 g/mol. The largest absolute Gasteiger partial charge is 0.481 e. The van der Waals surface area contributed by atoms with E-state index in [0.29, 0.717) is 17.4 Å². The number of nitrogens with one attached hydrogen (secondary N) is 2. The highest BCUT2D eigenvalue weighted by Crippen LogP contribution is 2.43. The molecule has 1 unspecified atom stereocenters. The summed E-state index contributed by atoms with van der Waals surface area (Å²) >= 11 is 0. The summed E-state index contributed by atoms with van der Waals surface area (Å²) in [7, 11) is 1.24. The van der Waals surface area contributed by atoms with Gasteiger partial charge in [-0.2, -0.15) is 0 Å². The van der Waals surface area contributed by atoms with Crippen LogP contribution in [0.1, 0.15) is 116 Å². The minimum atomic E-state index is -4.45. The van der Waals surface area contributed by atoms with Crippen molar-refractivity contribution in [3.63, 3.8) is 0 Å². The van der Waals surface area contributed by atoms with Crippen LogP contribution in [-0.2, 0) is 42.3 Å². The average molecular weight is 711 g/mol. The van der Waals surface area contributed by atoms with Crippen molar-refractivity contribution in [2.24, 2.45) is 0 Å². The van der Waals surface area contributed by atoms with E-state index in [0.717, 1.165) is 19.3 Å². The second kappa shape index (κ2) is 28.7. The maximum atomic E-state index is 12.4. The van der Waals surface area contributed by atoms with E-state index in [2.05, 4.69) is 17.6 Å². The Bertz CT molecular complexity index is 931. The minimum absolute atomic E-state index is 0.0350. The van der Waals surface area contributed by atoms with Crippen molar-refractivity contribution in [3.05, 3.63) is 0 Å². The first-order valence-corrected chi connectivity index (χ1v) is 19.2. The van der Waals surface area contributed by atoms with E-state index in [4.69, 9.17) is 23.6 Å². The fraction of sp³-hybridized carbons (Fsp3) is 0.879. The summed E-state index contributed by atoms with van der Waals surface area (Å²) in [5.74, 6) is -2.69. The molecule has 15 heteroatoms. The van der Waals surface area contributed by atoms with Gasteiger partial charge in [0.05, 0.1) is 40.7 Å². The Morgan fingerprint density at radius 1 is 0.729 bits per heavy atom. The molecule has 14 nitrogen and oxygen atoms in total. The zero-order chi connectivity index (χ0) is 36.1. The first kappa shape index (κ1) is 45.9. The van der Waals surface area contributed by atoms with E-state index >= 15 is 0 Å². The second-order valence-electron chi connectivity index (χ2n) is 13.2. The molecule has 48 heavy (non-hydrogen) atoms. The summed E-state index contributed by atoms with van der Waals surface area (Å²) in [4.78, 5) is 56.9. The quantitative estimate of drug-likeness (QED) is 0.0318. The molecule has 0 heterocycles. The lowest BCUT2D eigenvalue weighted by Crippen LogP contribution is -2.37. The summed E-state index contributed by atoms with van der Waals surface area (Å²) in [5, 5.41) is 13.9. The lowest BCUT2D eigenvalue weighted by Gasteiger charge is -2.24. The SMILES string of the molecule is CCCCCCCCCCCCCCCCC(=O)OC[C@@H](COP(=O)(O)OCC[N+](C)(C)C)OC(=O)CNCCNC(=O)CCC(=O)O. The van der Waals surface area contributed by atoms with Gasteiger partial charge in [0, 0.05) is 25.9 Å². The predicted octanol–water partition coefficient (Wildman–Crippen LogP) is 4.72. The summed E-state index contributed by atoms with van der Waals surface area (Å²) in [5.41, 5.74) is 0. The standard InChI is InChI=1S/C33H64N3O11P/c1-5-6-7-8-9-10-11-12-13-14-15-16-17-18-19-32(40)44-27-29(28-46-48(42,43)45-25-24-36(2,3)4)47-33(41)26-34-22-23-35-30(37)20-21-31(38)39/h29,34H,5-28H2,1-4H3,(H2-,35,37,38,39,42,43)/p+1/t29-/m0/s1. The number of hydrogen-bond acceptors (Lipinski definition) is 10. The van der Waals surface area contributed by atoms with Crippen LogP contribution in [0.5, 0.6) is 0 Å². The van der Waals surface area contributed by atoms with E-state index in [1.54, 1.807) is 0 Å². The van der Waals surface area contributed by atoms with Crippen LogP contribution < -0.4 is 10.6 Å². The number of carbonyl (C=O) groups excluding carboxylic acids is 3. The maximum Gasteiger partial charge on any atom is 0.472 e. The first-order chi connectivity index (χ1) is 22.7. The first-order valence-electron chi connectivity index (χ1n) is 17.7. The number of amides is 1. The number of phosphoric ester groups is 1. The van der Waals surface area contributed by atoms with Gasteiger partial charge in [0.1, 0.15) is 19.8 Å². The van der Waals surface area contributed by atoms with Gasteiger partial charge in [-0.15, -0.1) is 0 Å². The third kappa shape index (κ3) is 32.5. The van der Waals surface area contributed by atoms with Crippen LogP contribution in [0.4, 0.5) is 0 Å². The Hall–Kier alpha value is -2.09. The highest BCUT2D eigenvalue weighted by Gasteiger charge is 2.27. The molecule has 0 fully saturated rings. The van der Waals surface area contributed by atoms with Gasteiger partial charge < -0.3 is 34.6 Å². The molecule has 0 aliphatic rings. The van der Waals surface area contributed by atoms with Crippen LogP contribution in [0.2, 0.25) is 0 Å². The average Bonchev–Trinajstić information content (AvgIpc) is 3.00. The van der Waals surface area contributed by atoms with E-state index in [9.17, 15) is 28.6 Å². The number of rotatable bonds is 33. The fourth-order valence-corrected chi connectivity index (χ4v) is 5.24. The van der Waals surface area contributed by atoms with Crippen LogP contribution in [0.15, 0.2) is 0 Å². The van der Waals surface area contributed by atoms with Gasteiger partial charge in [0.2, 0.25) is 5.91 Å². The molecule has 0 aliphatic carbocycles. The van der Waals surface area contributed by atoms with Crippen molar-refractivity contribution in [2.45, 2.75) is 122 Å². The van der Waals surface area contributed by atoms with Gasteiger partial charge in [-0.25, -0.2) is 4.57 Å². The predicted molar refractivity (Wildman–Crippen MR) is 183 cm³/mol. The molecule has 0 aromatic heterocycles. The summed E-state index contributed by atoms with van der Waals surface area (Å²) in [6.45, 7) is 1.87. The molecule has 0 aliphatic heterocycles. The summed E-state index contributed by atoms with van der Waals surface area (Å²) < 4.78 is 33.5. The maximum absolute atomic E-state index is 12.4. The van der Waals surface area contributed by atoms with Crippen molar-refractivity contribution in [2.75, 3.05) is 67.1 Å². The number of quaternary nitrogens is 1. The van der Waals surface area contributed by atoms with Crippen LogP contribution in [-0.4, -0.2) is 112 Å². The zero-order valence-corrected chi connectivity index (χ0v) is 30.9. The van der Waals surface area contributed by atoms with E-state index in [-0.39, 0.29) is 52.1 Å². The van der Waals surface area contributed by atoms with Crippen LogP contribution >= 0.6 is 7.82 Å². The Kier molecular flexibility index (Phi) is 27.5. The lowest BCUT2D eigenvalue weighted by molar-refractivity contribution is -0.870. The van der Waals surface area contributed by atoms with E-state index in [1.165, 1.54) is 64.2 Å². The van der Waals surface area contributed by atoms with Gasteiger partial charge >= 0.3 is 25.7 Å². The molecule has 4 N–H and O–H groups in total. The molecule has 2 atom stereocenters. The summed E-state index contributed by atoms with van der Waals surface area (Å²) in [6.07, 6.45) is 15.5. The number of ether oxygens (including phenoxy) is 2. The number of esters is 2. The normalized spacial score (nSPS) is 13.4. The molecule has 0 radical (unpaired) electrons. The number of phosphoric acid groups is 1. The Morgan fingerprint density at radius 2 is 1.29 bits per heavy atom. The van der Waals surface area contributed by atoms with Gasteiger partial charge in [-0.05, 0) is 6.42 Å². The highest BCUT2D eigenvalue weighted by molar-refractivity contribution is 7.47.